The molecule has 11 heavy (non-hydrogen) atoms. The SMILES string of the molecule is CC(=O)OC(C)(C)CC(C)N. The molecule has 0 saturated carbocycles. The summed E-state index contributed by atoms with van der Waals surface area (Å²) in [6.45, 7) is 7.02. The van der Waals surface area contributed by atoms with Crippen molar-refractivity contribution in [3.05, 3.63) is 0 Å². The molecule has 66 valence electrons. The lowest BCUT2D eigenvalue weighted by molar-refractivity contribution is -0.154. The molecule has 3 heteroatoms. The van der Waals surface area contributed by atoms with E-state index in [9.17, 15) is 4.79 Å². The Morgan fingerprint density at radius 2 is 2.09 bits per heavy atom. The Morgan fingerprint density at radius 1 is 1.64 bits per heavy atom. The minimum Gasteiger partial charge on any atom is -0.460 e. The Kier molecular flexibility index (Phi) is 3.52. The van der Waals surface area contributed by atoms with Gasteiger partial charge in [0.05, 0.1) is 0 Å². The number of hydrogen-bond acceptors (Lipinski definition) is 3. The molecule has 1 atom stereocenters. The number of nitrogens with two attached hydrogens (primary N) is 1. The van der Waals surface area contributed by atoms with Crippen LogP contribution in [0.25, 0.3) is 0 Å². The second-order valence-corrected chi connectivity index (χ2v) is 3.53. The molecule has 1 unspecified atom stereocenters. The Labute approximate surface area is 67.9 Å². The third-order valence-corrected chi connectivity index (χ3v) is 1.23. The number of carbonyl (C=O) groups is 1. The summed E-state index contributed by atoms with van der Waals surface area (Å²) >= 11 is 0. The molecule has 3 nitrogen and oxygen atoms in total. The van der Waals surface area contributed by atoms with Crippen LogP contribution in [-0.4, -0.2) is 17.6 Å². The van der Waals surface area contributed by atoms with Crippen LogP contribution in [0.1, 0.15) is 34.1 Å². The molecule has 0 bridgehead atoms. The van der Waals surface area contributed by atoms with E-state index in [1.54, 1.807) is 0 Å². The zero-order valence-electron chi connectivity index (χ0n) is 7.68. The predicted molar refractivity (Wildman–Crippen MR) is 44.1 cm³/mol. The monoisotopic (exact) mass is 159 g/mol. The van der Waals surface area contributed by atoms with Crippen LogP contribution in [0.15, 0.2) is 0 Å². The summed E-state index contributed by atoms with van der Waals surface area (Å²) in [4.78, 5) is 10.6. The van der Waals surface area contributed by atoms with E-state index in [4.69, 9.17) is 10.5 Å². The zero-order chi connectivity index (χ0) is 9.07. The fourth-order valence-corrected chi connectivity index (χ4v) is 1.21. The van der Waals surface area contributed by atoms with Crippen molar-refractivity contribution in [3.63, 3.8) is 0 Å². The summed E-state index contributed by atoms with van der Waals surface area (Å²) in [5.41, 5.74) is 5.13. The van der Waals surface area contributed by atoms with Gasteiger partial charge in [-0.25, -0.2) is 0 Å². The highest BCUT2D eigenvalue weighted by atomic mass is 16.6. The normalized spacial score (nSPS) is 14.3. The molecule has 0 aromatic carbocycles. The fraction of sp³-hybridized carbons (Fsp3) is 0.875. The molecule has 0 heterocycles. The summed E-state index contributed by atoms with van der Waals surface area (Å²) < 4.78 is 5.03. The Hall–Kier alpha value is -0.570. The van der Waals surface area contributed by atoms with Crippen molar-refractivity contribution in [2.45, 2.75) is 45.8 Å². The quantitative estimate of drug-likeness (QED) is 0.626. The van der Waals surface area contributed by atoms with Crippen molar-refractivity contribution in [2.75, 3.05) is 0 Å². The summed E-state index contributed by atoms with van der Waals surface area (Å²) in [6.07, 6.45) is 0.687. The van der Waals surface area contributed by atoms with Gasteiger partial charge in [0.2, 0.25) is 0 Å². The van der Waals surface area contributed by atoms with Gasteiger partial charge in [0.15, 0.2) is 0 Å². The Morgan fingerprint density at radius 3 is 2.36 bits per heavy atom. The molecule has 0 aromatic rings. The van der Waals surface area contributed by atoms with Crippen LogP contribution in [0.2, 0.25) is 0 Å². The van der Waals surface area contributed by atoms with E-state index in [-0.39, 0.29) is 12.0 Å². The molecular formula is C8H17NO2. The number of rotatable bonds is 3. The van der Waals surface area contributed by atoms with Crippen molar-refractivity contribution in [3.8, 4) is 0 Å². The topological polar surface area (TPSA) is 52.3 Å². The third-order valence-electron chi connectivity index (χ3n) is 1.23. The molecule has 0 aliphatic carbocycles. The van der Waals surface area contributed by atoms with Gasteiger partial charge in [-0.15, -0.1) is 0 Å². The van der Waals surface area contributed by atoms with Gasteiger partial charge >= 0.3 is 5.97 Å². The molecule has 0 amide bonds. The third kappa shape index (κ3) is 5.85. The van der Waals surface area contributed by atoms with E-state index < -0.39 is 5.60 Å². The molecule has 0 saturated heterocycles. The van der Waals surface area contributed by atoms with Crippen LogP contribution in [0.5, 0.6) is 0 Å². The lowest BCUT2D eigenvalue weighted by Crippen LogP contribution is -2.34. The van der Waals surface area contributed by atoms with Gasteiger partial charge in [-0.2, -0.15) is 0 Å². The van der Waals surface area contributed by atoms with E-state index >= 15 is 0 Å². The first-order chi connectivity index (χ1) is 4.83. The van der Waals surface area contributed by atoms with Crippen molar-refractivity contribution in [2.24, 2.45) is 5.73 Å². The maximum absolute atomic E-state index is 10.6. The largest absolute Gasteiger partial charge is 0.460 e. The van der Waals surface area contributed by atoms with Crippen LogP contribution in [0.3, 0.4) is 0 Å². The molecule has 0 rings (SSSR count). The molecular weight excluding hydrogens is 142 g/mol. The maximum atomic E-state index is 10.6. The highest BCUT2D eigenvalue weighted by Gasteiger charge is 2.22. The van der Waals surface area contributed by atoms with E-state index in [0.717, 1.165) is 0 Å². The number of ether oxygens (including phenoxy) is 1. The number of carbonyl (C=O) groups excluding carboxylic acids is 1. The van der Waals surface area contributed by atoms with Gasteiger partial charge in [-0.1, -0.05) is 0 Å². The summed E-state index contributed by atoms with van der Waals surface area (Å²) in [7, 11) is 0. The summed E-state index contributed by atoms with van der Waals surface area (Å²) in [5, 5.41) is 0. The molecule has 2 N–H and O–H groups in total. The first-order valence-corrected chi connectivity index (χ1v) is 3.78. The van der Waals surface area contributed by atoms with Crippen LogP contribution >= 0.6 is 0 Å². The number of hydrogen-bond donors (Lipinski definition) is 1. The minimum absolute atomic E-state index is 0.0596. The van der Waals surface area contributed by atoms with Gasteiger partial charge in [0.1, 0.15) is 5.60 Å². The van der Waals surface area contributed by atoms with E-state index in [0.29, 0.717) is 6.42 Å². The second-order valence-electron chi connectivity index (χ2n) is 3.53. The number of esters is 1. The molecule has 0 radical (unpaired) electrons. The van der Waals surface area contributed by atoms with Crippen LogP contribution in [0, 0.1) is 0 Å². The maximum Gasteiger partial charge on any atom is 0.303 e. The zero-order valence-corrected chi connectivity index (χ0v) is 7.68. The lowest BCUT2D eigenvalue weighted by Gasteiger charge is -2.25. The molecule has 0 fully saturated rings. The fourth-order valence-electron chi connectivity index (χ4n) is 1.21. The first-order valence-electron chi connectivity index (χ1n) is 3.78. The van der Waals surface area contributed by atoms with Crippen molar-refractivity contribution in [1.82, 2.24) is 0 Å². The average Bonchev–Trinajstić information content (AvgIpc) is 1.53. The highest BCUT2D eigenvalue weighted by Crippen LogP contribution is 2.15. The lowest BCUT2D eigenvalue weighted by atomic mass is 10.0. The molecule has 0 spiro atoms. The highest BCUT2D eigenvalue weighted by molar-refractivity contribution is 5.66. The Bertz CT molecular complexity index is 141. The smallest absolute Gasteiger partial charge is 0.303 e. The van der Waals surface area contributed by atoms with Gasteiger partial charge in [0.25, 0.3) is 0 Å². The standard InChI is InChI=1S/C8H17NO2/c1-6(9)5-8(3,4)11-7(2)10/h6H,5,9H2,1-4H3. The van der Waals surface area contributed by atoms with Gasteiger partial charge in [-0.05, 0) is 20.8 Å². The minimum atomic E-state index is -0.431. The molecule has 0 aliphatic rings. The van der Waals surface area contributed by atoms with Crippen molar-refractivity contribution in [1.29, 1.82) is 0 Å². The van der Waals surface area contributed by atoms with Crippen molar-refractivity contribution >= 4 is 5.97 Å². The van der Waals surface area contributed by atoms with Crippen LogP contribution < -0.4 is 5.73 Å². The Balaban J connectivity index is 3.89. The average molecular weight is 159 g/mol. The van der Waals surface area contributed by atoms with E-state index in [1.165, 1.54) is 6.92 Å². The van der Waals surface area contributed by atoms with Crippen LogP contribution in [0.4, 0.5) is 0 Å². The van der Waals surface area contributed by atoms with E-state index in [2.05, 4.69) is 0 Å². The van der Waals surface area contributed by atoms with Gasteiger partial charge in [0, 0.05) is 19.4 Å². The second kappa shape index (κ2) is 3.72. The first kappa shape index (κ1) is 10.4. The molecule has 0 aromatic heterocycles. The summed E-state index contributed by atoms with van der Waals surface area (Å²) in [5.74, 6) is -0.254. The van der Waals surface area contributed by atoms with Crippen molar-refractivity contribution < 1.29 is 9.53 Å². The van der Waals surface area contributed by atoms with Gasteiger partial charge in [-0.3, -0.25) is 4.79 Å². The summed E-state index contributed by atoms with van der Waals surface area (Å²) in [6, 6.07) is 0.0596. The van der Waals surface area contributed by atoms with Gasteiger partial charge < -0.3 is 10.5 Å². The predicted octanol–water partition coefficient (Wildman–Crippen LogP) is 1.07. The molecule has 0 aliphatic heterocycles. The van der Waals surface area contributed by atoms with Crippen LogP contribution in [-0.2, 0) is 9.53 Å². The van der Waals surface area contributed by atoms with E-state index in [1.807, 2.05) is 20.8 Å².